The van der Waals surface area contributed by atoms with Crippen LogP contribution in [0.5, 0.6) is 0 Å². The fraction of sp³-hybridized carbons (Fsp3) is 0.333. The molecule has 0 aliphatic rings. The smallest absolute Gasteiger partial charge is 0.303 e. The van der Waals surface area contributed by atoms with Crippen LogP contribution < -0.4 is 5.73 Å². The van der Waals surface area contributed by atoms with E-state index in [1.807, 2.05) is 13.0 Å². The summed E-state index contributed by atoms with van der Waals surface area (Å²) in [6, 6.07) is 1.87. The molecule has 1 heterocycles. The average molecular weight is 180 g/mol. The normalized spacial score (nSPS) is 9.92. The number of carboxylic acid groups (broad SMARTS) is 1. The number of nitrogen functional groups attached to an aromatic ring is 1. The molecule has 0 spiro atoms. The molecule has 4 nitrogen and oxygen atoms in total. The summed E-state index contributed by atoms with van der Waals surface area (Å²) in [7, 11) is 0. The number of nitrogens with zero attached hydrogens (tertiary/aromatic N) is 1. The number of carboxylic acids is 1. The summed E-state index contributed by atoms with van der Waals surface area (Å²) in [5, 5.41) is 8.47. The zero-order chi connectivity index (χ0) is 9.84. The van der Waals surface area contributed by atoms with Gasteiger partial charge in [-0.05, 0) is 24.5 Å². The van der Waals surface area contributed by atoms with Crippen molar-refractivity contribution in [1.29, 1.82) is 0 Å². The van der Waals surface area contributed by atoms with E-state index in [0.29, 0.717) is 12.2 Å². The number of aliphatic carboxylic acids is 1. The second kappa shape index (κ2) is 3.89. The zero-order valence-electron chi connectivity index (χ0n) is 7.45. The Morgan fingerprint density at radius 1 is 1.69 bits per heavy atom. The Hall–Kier alpha value is -1.58. The van der Waals surface area contributed by atoms with Gasteiger partial charge < -0.3 is 10.8 Å². The maximum Gasteiger partial charge on any atom is 0.303 e. The summed E-state index contributed by atoms with van der Waals surface area (Å²) in [5.74, 6) is -0.396. The van der Waals surface area contributed by atoms with Crippen molar-refractivity contribution in [3.05, 3.63) is 23.4 Å². The predicted molar refractivity (Wildman–Crippen MR) is 49.3 cm³/mol. The molecule has 0 aliphatic carbocycles. The lowest BCUT2D eigenvalue weighted by Gasteiger charge is -2.03. The van der Waals surface area contributed by atoms with Gasteiger partial charge in [0.2, 0.25) is 0 Å². The molecule has 3 N–H and O–H groups in total. The third kappa shape index (κ3) is 2.74. The first-order chi connectivity index (χ1) is 6.09. The van der Waals surface area contributed by atoms with Crippen LogP contribution in [0.4, 0.5) is 5.82 Å². The van der Waals surface area contributed by atoms with Crippen molar-refractivity contribution >= 4 is 11.8 Å². The third-order valence-electron chi connectivity index (χ3n) is 1.75. The molecule has 0 aliphatic heterocycles. The van der Waals surface area contributed by atoms with Crippen LogP contribution in [-0.2, 0) is 11.2 Å². The van der Waals surface area contributed by atoms with Crippen LogP contribution in [-0.4, -0.2) is 16.1 Å². The molecular formula is C9H12N2O2. The van der Waals surface area contributed by atoms with Crippen molar-refractivity contribution in [1.82, 2.24) is 4.98 Å². The Balaban J connectivity index is 2.75. The van der Waals surface area contributed by atoms with E-state index >= 15 is 0 Å². The van der Waals surface area contributed by atoms with Crippen molar-refractivity contribution < 1.29 is 9.90 Å². The molecule has 0 atom stereocenters. The molecule has 1 aromatic heterocycles. The van der Waals surface area contributed by atoms with E-state index in [1.54, 1.807) is 6.20 Å². The summed E-state index contributed by atoms with van der Waals surface area (Å²) < 4.78 is 0. The lowest BCUT2D eigenvalue weighted by Crippen LogP contribution is -2.02. The fourth-order valence-corrected chi connectivity index (χ4v) is 1.08. The average Bonchev–Trinajstić information content (AvgIpc) is 2.06. The maximum atomic E-state index is 10.3. The van der Waals surface area contributed by atoms with Gasteiger partial charge in [-0.15, -0.1) is 0 Å². The molecule has 0 saturated carbocycles. The molecule has 1 aromatic rings. The summed E-state index contributed by atoms with van der Waals surface area (Å²) in [6.07, 6.45) is 2.20. The maximum absolute atomic E-state index is 10.3. The molecule has 13 heavy (non-hydrogen) atoms. The van der Waals surface area contributed by atoms with Gasteiger partial charge in [0.25, 0.3) is 0 Å². The summed E-state index contributed by atoms with van der Waals surface area (Å²) >= 11 is 0. The van der Waals surface area contributed by atoms with E-state index in [-0.39, 0.29) is 6.42 Å². The highest BCUT2D eigenvalue weighted by Gasteiger charge is 2.03. The number of hydrogen-bond donors (Lipinski definition) is 2. The lowest BCUT2D eigenvalue weighted by molar-refractivity contribution is -0.136. The largest absolute Gasteiger partial charge is 0.481 e. The van der Waals surface area contributed by atoms with Crippen LogP contribution in [0.2, 0.25) is 0 Å². The van der Waals surface area contributed by atoms with Crippen LogP contribution >= 0.6 is 0 Å². The molecule has 4 heteroatoms. The van der Waals surface area contributed by atoms with Gasteiger partial charge >= 0.3 is 5.97 Å². The first-order valence-electron chi connectivity index (χ1n) is 4.02. The van der Waals surface area contributed by atoms with Crippen molar-refractivity contribution in [2.45, 2.75) is 19.8 Å². The van der Waals surface area contributed by atoms with Gasteiger partial charge in [0.1, 0.15) is 5.82 Å². The summed E-state index contributed by atoms with van der Waals surface area (Å²) in [4.78, 5) is 14.2. The molecule has 0 aromatic carbocycles. The first-order valence-corrected chi connectivity index (χ1v) is 4.02. The van der Waals surface area contributed by atoms with E-state index in [0.717, 1.165) is 11.1 Å². The minimum absolute atomic E-state index is 0.0926. The van der Waals surface area contributed by atoms with Gasteiger partial charge in [0.15, 0.2) is 0 Å². The second-order valence-electron chi connectivity index (χ2n) is 2.95. The number of carbonyl (C=O) groups is 1. The highest BCUT2D eigenvalue weighted by Crippen LogP contribution is 2.12. The summed E-state index contributed by atoms with van der Waals surface area (Å²) in [5.41, 5.74) is 7.37. The van der Waals surface area contributed by atoms with E-state index in [4.69, 9.17) is 10.8 Å². The molecule has 70 valence electrons. The van der Waals surface area contributed by atoms with E-state index in [1.165, 1.54) is 0 Å². The van der Waals surface area contributed by atoms with Gasteiger partial charge in [-0.1, -0.05) is 6.07 Å². The van der Waals surface area contributed by atoms with E-state index in [9.17, 15) is 4.79 Å². The van der Waals surface area contributed by atoms with Crippen molar-refractivity contribution in [3.63, 3.8) is 0 Å². The highest BCUT2D eigenvalue weighted by molar-refractivity contribution is 5.67. The van der Waals surface area contributed by atoms with Crippen LogP contribution in [0.3, 0.4) is 0 Å². The molecule has 0 radical (unpaired) electrons. The predicted octanol–water partition coefficient (Wildman–Crippen LogP) is 0.989. The number of aryl methyl sites for hydroxylation is 2. The Kier molecular flexibility index (Phi) is 2.84. The third-order valence-corrected chi connectivity index (χ3v) is 1.75. The molecule has 0 unspecified atom stereocenters. The van der Waals surface area contributed by atoms with Gasteiger partial charge in [0.05, 0.1) is 0 Å². The fourth-order valence-electron chi connectivity index (χ4n) is 1.08. The number of hydrogen-bond acceptors (Lipinski definition) is 3. The molecule has 0 bridgehead atoms. The molecule has 0 amide bonds. The Labute approximate surface area is 76.4 Å². The lowest BCUT2D eigenvalue weighted by atomic mass is 10.1. The number of nitrogens with two attached hydrogens (primary N) is 1. The number of rotatable bonds is 3. The van der Waals surface area contributed by atoms with E-state index in [2.05, 4.69) is 4.98 Å². The monoisotopic (exact) mass is 180 g/mol. The summed E-state index contributed by atoms with van der Waals surface area (Å²) in [6.45, 7) is 1.90. The van der Waals surface area contributed by atoms with Gasteiger partial charge in [0, 0.05) is 12.6 Å². The standard InChI is InChI=1S/C9H12N2O2/c1-6-4-7(2-3-8(12)13)9(10)11-5-6/h4-5H,2-3H2,1H3,(H2,10,11)(H,12,13). The van der Waals surface area contributed by atoms with Gasteiger partial charge in [-0.25, -0.2) is 4.98 Å². The molecular weight excluding hydrogens is 168 g/mol. The van der Waals surface area contributed by atoms with Gasteiger partial charge in [-0.3, -0.25) is 4.79 Å². The number of anilines is 1. The second-order valence-corrected chi connectivity index (χ2v) is 2.95. The first kappa shape index (κ1) is 9.51. The Morgan fingerprint density at radius 2 is 2.38 bits per heavy atom. The quantitative estimate of drug-likeness (QED) is 0.727. The number of pyridine rings is 1. The Morgan fingerprint density at radius 3 is 3.00 bits per heavy atom. The molecule has 0 fully saturated rings. The van der Waals surface area contributed by atoms with Crippen molar-refractivity contribution in [3.8, 4) is 0 Å². The van der Waals surface area contributed by atoms with Crippen LogP contribution in [0.15, 0.2) is 12.3 Å². The minimum Gasteiger partial charge on any atom is -0.481 e. The van der Waals surface area contributed by atoms with Crippen LogP contribution in [0.25, 0.3) is 0 Å². The van der Waals surface area contributed by atoms with Crippen molar-refractivity contribution in [2.24, 2.45) is 0 Å². The molecule has 0 saturated heterocycles. The SMILES string of the molecule is Cc1cnc(N)c(CCC(=O)O)c1. The van der Waals surface area contributed by atoms with Gasteiger partial charge in [-0.2, -0.15) is 0 Å². The van der Waals surface area contributed by atoms with E-state index < -0.39 is 5.97 Å². The van der Waals surface area contributed by atoms with Crippen LogP contribution in [0, 0.1) is 6.92 Å². The topological polar surface area (TPSA) is 76.2 Å². The highest BCUT2D eigenvalue weighted by atomic mass is 16.4. The van der Waals surface area contributed by atoms with Crippen molar-refractivity contribution in [2.75, 3.05) is 5.73 Å². The van der Waals surface area contributed by atoms with Crippen LogP contribution in [0.1, 0.15) is 17.5 Å². The number of aromatic nitrogens is 1. The minimum atomic E-state index is -0.819. The Bertz CT molecular complexity index is 323. The molecule has 1 rings (SSSR count). The zero-order valence-corrected chi connectivity index (χ0v) is 7.45.